The molecule has 1 aromatic heterocycles. The summed E-state index contributed by atoms with van der Waals surface area (Å²) in [6.07, 6.45) is 2.61. The van der Waals surface area contributed by atoms with E-state index in [1.54, 1.807) is 11.3 Å². The summed E-state index contributed by atoms with van der Waals surface area (Å²) >= 11 is 1.64. The molecule has 1 saturated heterocycles. The number of nitrogens with zero attached hydrogens (tertiary/aromatic N) is 2. The van der Waals surface area contributed by atoms with Gasteiger partial charge in [0.1, 0.15) is 0 Å². The van der Waals surface area contributed by atoms with Crippen molar-refractivity contribution in [1.29, 1.82) is 0 Å². The smallest absolute Gasteiger partial charge is 0.180 e. The first-order valence-electron chi connectivity index (χ1n) is 8.11. The lowest BCUT2D eigenvalue weighted by Crippen LogP contribution is -2.32. The zero-order valence-corrected chi connectivity index (χ0v) is 14.5. The van der Waals surface area contributed by atoms with E-state index in [4.69, 9.17) is 5.73 Å². The van der Waals surface area contributed by atoms with Gasteiger partial charge in [-0.3, -0.25) is 4.90 Å². The number of thiazole rings is 1. The Morgan fingerprint density at radius 3 is 2.95 bits per heavy atom. The van der Waals surface area contributed by atoms with Crippen molar-refractivity contribution in [2.24, 2.45) is 5.92 Å². The van der Waals surface area contributed by atoms with Crippen molar-refractivity contribution in [3.63, 3.8) is 0 Å². The number of hydrogen-bond donors (Lipinski definition) is 1. The van der Waals surface area contributed by atoms with E-state index >= 15 is 0 Å². The Morgan fingerprint density at radius 2 is 2.23 bits per heavy atom. The Morgan fingerprint density at radius 1 is 1.41 bits per heavy atom. The predicted molar refractivity (Wildman–Crippen MR) is 95.0 cm³/mol. The molecule has 1 aliphatic heterocycles. The fourth-order valence-electron chi connectivity index (χ4n) is 3.48. The minimum atomic E-state index is 0.673. The molecule has 3 rings (SSSR count). The van der Waals surface area contributed by atoms with Crippen molar-refractivity contribution >= 4 is 16.5 Å². The number of rotatable bonds is 4. The molecule has 0 saturated carbocycles. The monoisotopic (exact) mass is 315 g/mol. The molecule has 0 aliphatic carbocycles. The lowest BCUT2D eigenvalue weighted by atomic mass is 10.0. The molecule has 4 heteroatoms. The average Bonchev–Trinajstić information content (AvgIpc) is 3.06. The maximum atomic E-state index is 6.01. The number of anilines is 1. The first kappa shape index (κ1) is 15.5. The second-order valence-corrected chi connectivity index (χ2v) is 7.73. The van der Waals surface area contributed by atoms with E-state index in [0.29, 0.717) is 17.1 Å². The van der Waals surface area contributed by atoms with Gasteiger partial charge < -0.3 is 5.73 Å². The molecular formula is C18H25N3S. The van der Waals surface area contributed by atoms with Gasteiger partial charge in [-0.05, 0) is 38.3 Å². The second-order valence-electron chi connectivity index (χ2n) is 6.62. The maximum absolute atomic E-state index is 6.01. The summed E-state index contributed by atoms with van der Waals surface area (Å²) < 4.78 is 0. The van der Waals surface area contributed by atoms with Crippen LogP contribution < -0.4 is 5.73 Å². The van der Waals surface area contributed by atoms with E-state index in [9.17, 15) is 0 Å². The molecule has 0 radical (unpaired) electrons. The largest absolute Gasteiger partial charge is 0.375 e. The zero-order valence-electron chi connectivity index (χ0n) is 13.7. The van der Waals surface area contributed by atoms with Crippen molar-refractivity contribution in [2.75, 3.05) is 12.3 Å². The fraction of sp³-hybridized carbons (Fsp3) is 0.500. The van der Waals surface area contributed by atoms with Crippen LogP contribution in [-0.2, 0) is 6.54 Å². The van der Waals surface area contributed by atoms with Crippen LogP contribution in [0, 0.1) is 12.8 Å². The summed E-state index contributed by atoms with van der Waals surface area (Å²) in [7, 11) is 0. The normalized spacial score (nSPS) is 19.2. The third kappa shape index (κ3) is 3.18. The molecule has 1 fully saturated rings. The summed E-state index contributed by atoms with van der Waals surface area (Å²) in [6, 6.07) is 9.23. The van der Waals surface area contributed by atoms with E-state index in [-0.39, 0.29) is 0 Å². The molecule has 0 spiro atoms. The SMILES string of the molecule is Cc1cccc(-c2nc(N)sc2CN2CCC[C@H]2C(C)C)c1. The number of hydrogen-bond acceptors (Lipinski definition) is 4. The molecular weight excluding hydrogens is 290 g/mol. The first-order valence-corrected chi connectivity index (χ1v) is 8.92. The van der Waals surface area contributed by atoms with Crippen LogP contribution in [0.3, 0.4) is 0 Å². The molecule has 118 valence electrons. The first-order chi connectivity index (χ1) is 10.5. The van der Waals surface area contributed by atoms with Gasteiger partial charge in [-0.1, -0.05) is 37.6 Å². The highest BCUT2D eigenvalue weighted by Gasteiger charge is 2.28. The van der Waals surface area contributed by atoms with Gasteiger partial charge in [-0.15, -0.1) is 11.3 Å². The number of nitrogen functional groups attached to an aromatic ring is 1. The summed E-state index contributed by atoms with van der Waals surface area (Å²) in [6.45, 7) is 8.93. The third-order valence-corrected chi connectivity index (χ3v) is 5.41. The highest BCUT2D eigenvalue weighted by Crippen LogP contribution is 2.34. The highest BCUT2D eigenvalue weighted by molar-refractivity contribution is 7.15. The minimum Gasteiger partial charge on any atom is -0.375 e. The summed E-state index contributed by atoms with van der Waals surface area (Å²) in [5.41, 5.74) is 9.53. The Hall–Kier alpha value is -1.39. The summed E-state index contributed by atoms with van der Waals surface area (Å²) in [4.78, 5) is 8.51. The van der Waals surface area contributed by atoms with E-state index in [2.05, 4.69) is 54.9 Å². The zero-order chi connectivity index (χ0) is 15.7. The van der Waals surface area contributed by atoms with Gasteiger partial charge in [0.05, 0.1) is 5.69 Å². The molecule has 0 bridgehead atoms. The topological polar surface area (TPSA) is 42.1 Å². The third-order valence-electron chi connectivity index (χ3n) is 4.54. The molecule has 3 nitrogen and oxygen atoms in total. The van der Waals surface area contributed by atoms with E-state index < -0.39 is 0 Å². The molecule has 1 aliphatic rings. The summed E-state index contributed by atoms with van der Waals surface area (Å²) in [5, 5.41) is 0.673. The van der Waals surface area contributed by atoms with Gasteiger partial charge in [0.2, 0.25) is 0 Å². The van der Waals surface area contributed by atoms with Crippen molar-refractivity contribution in [3.8, 4) is 11.3 Å². The molecule has 1 atom stereocenters. The molecule has 2 aromatic rings. The van der Waals surface area contributed by atoms with Gasteiger partial charge in [0, 0.05) is 23.0 Å². The van der Waals surface area contributed by atoms with Gasteiger partial charge in [0.15, 0.2) is 5.13 Å². The fourth-order valence-corrected chi connectivity index (χ4v) is 4.36. The van der Waals surface area contributed by atoms with Crippen molar-refractivity contribution in [1.82, 2.24) is 9.88 Å². The number of likely N-dealkylation sites (tertiary alicyclic amines) is 1. The Bertz CT molecular complexity index is 648. The number of aryl methyl sites for hydroxylation is 1. The van der Waals surface area contributed by atoms with Crippen LogP contribution in [0.5, 0.6) is 0 Å². The summed E-state index contributed by atoms with van der Waals surface area (Å²) in [5.74, 6) is 0.704. The van der Waals surface area contributed by atoms with E-state index in [1.807, 2.05) is 0 Å². The molecule has 22 heavy (non-hydrogen) atoms. The number of aromatic nitrogens is 1. The van der Waals surface area contributed by atoms with Crippen LogP contribution in [0.25, 0.3) is 11.3 Å². The van der Waals surface area contributed by atoms with Crippen molar-refractivity contribution in [2.45, 2.75) is 46.2 Å². The van der Waals surface area contributed by atoms with Gasteiger partial charge in [-0.2, -0.15) is 0 Å². The van der Waals surface area contributed by atoms with Crippen LogP contribution in [0.2, 0.25) is 0 Å². The maximum Gasteiger partial charge on any atom is 0.180 e. The molecule has 0 amide bonds. The molecule has 1 aromatic carbocycles. The molecule has 2 heterocycles. The Balaban J connectivity index is 1.88. The number of nitrogens with two attached hydrogens (primary N) is 1. The van der Waals surface area contributed by atoms with Crippen LogP contribution in [0.4, 0.5) is 5.13 Å². The van der Waals surface area contributed by atoms with Crippen LogP contribution in [0.15, 0.2) is 24.3 Å². The average molecular weight is 315 g/mol. The van der Waals surface area contributed by atoms with Crippen molar-refractivity contribution < 1.29 is 0 Å². The van der Waals surface area contributed by atoms with Crippen molar-refractivity contribution in [3.05, 3.63) is 34.7 Å². The van der Waals surface area contributed by atoms with Gasteiger partial charge in [-0.25, -0.2) is 4.98 Å². The molecule has 0 unspecified atom stereocenters. The Kier molecular flexibility index (Phi) is 4.50. The van der Waals surface area contributed by atoms with E-state index in [1.165, 1.54) is 35.4 Å². The molecule has 2 N–H and O–H groups in total. The standard InChI is InChI=1S/C18H25N3S/c1-12(2)15-8-5-9-21(15)11-16-17(20-18(19)22-16)14-7-4-6-13(3)10-14/h4,6-7,10,12,15H,5,8-9,11H2,1-3H3,(H2,19,20)/t15-/m0/s1. The van der Waals surface area contributed by atoms with Crippen LogP contribution in [0.1, 0.15) is 37.1 Å². The Labute approximate surface area is 137 Å². The minimum absolute atomic E-state index is 0.673. The van der Waals surface area contributed by atoms with Gasteiger partial charge >= 0.3 is 0 Å². The lowest BCUT2D eigenvalue weighted by molar-refractivity contribution is 0.200. The quantitative estimate of drug-likeness (QED) is 0.913. The van der Waals surface area contributed by atoms with Crippen LogP contribution >= 0.6 is 11.3 Å². The lowest BCUT2D eigenvalue weighted by Gasteiger charge is -2.27. The van der Waals surface area contributed by atoms with E-state index in [0.717, 1.165) is 12.2 Å². The van der Waals surface area contributed by atoms with Gasteiger partial charge in [0.25, 0.3) is 0 Å². The number of benzene rings is 1. The second kappa shape index (κ2) is 6.39. The predicted octanol–water partition coefficient (Wildman–Crippen LogP) is 4.32. The highest BCUT2D eigenvalue weighted by atomic mass is 32.1. The van der Waals surface area contributed by atoms with Crippen LogP contribution in [-0.4, -0.2) is 22.5 Å².